The molecule has 5 heteroatoms. The van der Waals surface area contributed by atoms with E-state index < -0.39 is 0 Å². The van der Waals surface area contributed by atoms with Crippen molar-refractivity contribution >= 4 is 28.8 Å². The molecule has 0 aliphatic carbocycles. The van der Waals surface area contributed by atoms with Crippen LogP contribution in [0, 0.1) is 6.92 Å². The second-order valence-corrected chi connectivity index (χ2v) is 6.44. The highest BCUT2D eigenvalue weighted by Gasteiger charge is 2.10. The summed E-state index contributed by atoms with van der Waals surface area (Å²) in [4.78, 5) is 17.0. The number of aryl methyl sites for hydroxylation is 1. The predicted octanol–water partition coefficient (Wildman–Crippen LogP) is 5.22. The van der Waals surface area contributed by atoms with Gasteiger partial charge in [0.05, 0.1) is 16.3 Å². The van der Waals surface area contributed by atoms with Crippen LogP contribution in [0.3, 0.4) is 0 Å². The maximum atomic E-state index is 12.3. The van der Waals surface area contributed by atoms with E-state index in [0.717, 1.165) is 22.6 Å². The molecule has 4 rings (SSSR count). The fraction of sp³-hybridized carbons (Fsp3) is 0.0476. The number of carbonyl (C=O) groups is 1. The lowest BCUT2D eigenvalue weighted by Crippen LogP contribution is -2.12. The normalized spacial score (nSPS) is 10.8. The molecule has 0 spiro atoms. The minimum atomic E-state index is -0.230. The summed E-state index contributed by atoms with van der Waals surface area (Å²) < 4.78 is 2.06. The summed E-state index contributed by atoms with van der Waals surface area (Å²) in [6.07, 6.45) is 2.02. The van der Waals surface area contributed by atoms with Gasteiger partial charge in [0.1, 0.15) is 5.65 Å². The molecule has 0 aliphatic rings. The van der Waals surface area contributed by atoms with E-state index in [9.17, 15) is 4.79 Å². The molecule has 2 aromatic carbocycles. The molecule has 128 valence electrons. The molecule has 0 saturated carbocycles. The first-order chi connectivity index (χ1) is 12.6. The Hall–Kier alpha value is -3.11. The van der Waals surface area contributed by atoms with Crippen LogP contribution in [0.1, 0.15) is 16.1 Å². The van der Waals surface area contributed by atoms with Gasteiger partial charge in [0.15, 0.2) is 0 Å². The van der Waals surface area contributed by atoms with E-state index in [1.807, 2.05) is 55.6 Å². The monoisotopic (exact) mass is 361 g/mol. The Balaban J connectivity index is 1.57. The Morgan fingerprint density at radius 1 is 1.00 bits per heavy atom. The number of rotatable bonds is 3. The Morgan fingerprint density at radius 3 is 2.50 bits per heavy atom. The second kappa shape index (κ2) is 6.65. The smallest absolute Gasteiger partial charge is 0.257 e. The maximum Gasteiger partial charge on any atom is 0.257 e. The van der Waals surface area contributed by atoms with E-state index in [1.165, 1.54) is 0 Å². The SMILES string of the molecule is Cc1cccc2nc(-c3ccc(NC(=O)c4ccccc4Cl)cc3)cn12. The van der Waals surface area contributed by atoms with E-state index in [0.29, 0.717) is 16.3 Å². The zero-order valence-electron chi connectivity index (χ0n) is 14.1. The number of hydrogen-bond acceptors (Lipinski definition) is 2. The highest BCUT2D eigenvalue weighted by Crippen LogP contribution is 2.23. The Kier molecular flexibility index (Phi) is 4.19. The van der Waals surface area contributed by atoms with Crippen molar-refractivity contribution in [3.05, 3.63) is 89.2 Å². The Morgan fingerprint density at radius 2 is 1.77 bits per heavy atom. The lowest BCUT2D eigenvalue weighted by atomic mass is 10.1. The molecule has 1 amide bonds. The van der Waals surface area contributed by atoms with Crippen molar-refractivity contribution in [1.29, 1.82) is 0 Å². The zero-order valence-corrected chi connectivity index (χ0v) is 14.9. The number of imidazole rings is 1. The molecule has 0 atom stereocenters. The third-order valence-electron chi connectivity index (χ3n) is 4.25. The second-order valence-electron chi connectivity index (χ2n) is 6.03. The van der Waals surface area contributed by atoms with Crippen LogP contribution in [0.4, 0.5) is 5.69 Å². The molecule has 4 nitrogen and oxygen atoms in total. The van der Waals surface area contributed by atoms with Gasteiger partial charge >= 0.3 is 0 Å². The van der Waals surface area contributed by atoms with Crippen molar-refractivity contribution in [3.63, 3.8) is 0 Å². The number of nitrogens with zero attached hydrogens (tertiary/aromatic N) is 2. The van der Waals surface area contributed by atoms with E-state index >= 15 is 0 Å². The van der Waals surface area contributed by atoms with Crippen LogP contribution in [0.5, 0.6) is 0 Å². The molecule has 0 radical (unpaired) electrons. The van der Waals surface area contributed by atoms with Crippen LogP contribution >= 0.6 is 11.6 Å². The average Bonchev–Trinajstić information content (AvgIpc) is 3.08. The lowest BCUT2D eigenvalue weighted by molar-refractivity contribution is 0.102. The standard InChI is InChI=1S/C21H16ClN3O/c1-14-5-4-8-20-24-19(13-25(14)20)15-9-11-16(12-10-15)23-21(26)17-6-2-3-7-18(17)22/h2-13H,1H3,(H,23,26). The van der Waals surface area contributed by atoms with Gasteiger partial charge in [-0.25, -0.2) is 4.98 Å². The van der Waals surface area contributed by atoms with Gasteiger partial charge in [-0.3, -0.25) is 4.79 Å². The highest BCUT2D eigenvalue weighted by molar-refractivity contribution is 6.34. The summed E-state index contributed by atoms with van der Waals surface area (Å²) in [6.45, 7) is 2.05. The number of aromatic nitrogens is 2. The van der Waals surface area contributed by atoms with Gasteiger partial charge < -0.3 is 9.72 Å². The van der Waals surface area contributed by atoms with Gasteiger partial charge in [-0.15, -0.1) is 0 Å². The molecule has 0 saturated heterocycles. The average molecular weight is 362 g/mol. The third-order valence-corrected chi connectivity index (χ3v) is 4.58. The summed E-state index contributed by atoms with van der Waals surface area (Å²) >= 11 is 6.07. The minimum absolute atomic E-state index is 0.230. The van der Waals surface area contributed by atoms with E-state index in [-0.39, 0.29) is 5.91 Å². The number of carbonyl (C=O) groups excluding carboxylic acids is 1. The molecule has 0 bridgehead atoms. The van der Waals surface area contributed by atoms with Crippen LogP contribution in [-0.2, 0) is 0 Å². The van der Waals surface area contributed by atoms with E-state index in [4.69, 9.17) is 11.6 Å². The van der Waals surface area contributed by atoms with Crippen molar-refractivity contribution in [2.24, 2.45) is 0 Å². The fourth-order valence-corrected chi connectivity index (χ4v) is 3.08. The number of amides is 1. The van der Waals surface area contributed by atoms with Crippen molar-refractivity contribution < 1.29 is 4.79 Å². The van der Waals surface area contributed by atoms with Crippen LogP contribution in [-0.4, -0.2) is 15.3 Å². The molecule has 2 heterocycles. The van der Waals surface area contributed by atoms with Crippen LogP contribution in [0.2, 0.25) is 5.02 Å². The van der Waals surface area contributed by atoms with Gasteiger partial charge in [-0.2, -0.15) is 0 Å². The molecule has 1 N–H and O–H groups in total. The van der Waals surface area contributed by atoms with Gasteiger partial charge in [0, 0.05) is 23.1 Å². The maximum absolute atomic E-state index is 12.3. The van der Waals surface area contributed by atoms with Gasteiger partial charge in [-0.05, 0) is 43.3 Å². The topological polar surface area (TPSA) is 46.4 Å². The first-order valence-corrected chi connectivity index (χ1v) is 8.61. The van der Waals surface area contributed by atoms with E-state index in [2.05, 4.69) is 14.7 Å². The molecular formula is C21H16ClN3O. The number of anilines is 1. The van der Waals surface area contributed by atoms with Crippen LogP contribution < -0.4 is 5.32 Å². The molecule has 0 unspecified atom stereocenters. The first-order valence-electron chi connectivity index (χ1n) is 8.23. The van der Waals surface area contributed by atoms with Crippen LogP contribution in [0.15, 0.2) is 72.9 Å². The summed E-state index contributed by atoms with van der Waals surface area (Å²) in [5.74, 6) is -0.230. The van der Waals surface area contributed by atoms with Crippen molar-refractivity contribution in [2.75, 3.05) is 5.32 Å². The number of fused-ring (bicyclic) bond motifs is 1. The van der Waals surface area contributed by atoms with Crippen LogP contribution in [0.25, 0.3) is 16.9 Å². The number of hydrogen-bond donors (Lipinski definition) is 1. The molecular weight excluding hydrogens is 346 g/mol. The molecule has 4 aromatic rings. The van der Waals surface area contributed by atoms with Crippen molar-refractivity contribution in [1.82, 2.24) is 9.38 Å². The largest absolute Gasteiger partial charge is 0.322 e. The summed E-state index contributed by atoms with van der Waals surface area (Å²) in [5.41, 5.74) is 5.08. The Bertz CT molecular complexity index is 1100. The summed E-state index contributed by atoms with van der Waals surface area (Å²) in [6, 6.07) is 20.6. The summed E-state index contributed by atoms with van der Waals surface area (Å²) in [5, 5.41) is 3.30. The molecule has 0 aliphatic heterocycles. The third kappa shape index (κ3) is 3.07. The molecule has 0 fully saturated rings. The van der Waals surface area contributed by atoms with E-state index in [1.54, 1.807) is 24.3 Å². The van der Waals surface area contributed by atoms with Gasteiger partial charge in [0.2, 0.25) is 0 Å². The number of pyridine rings is 1. The summed E-state index contributed by atoms with van der Waals surface area (Å²) in [7, 11) is 0. The Labute approximate surface area is 156 Å². The minimum Gasteiger partial charge on any atom is -0.322 e. The zero-order chi connectivity index (χ0) is 18.1. The molecule has 26 heavy (non-hydrogen) atoms. The number of nitrogens with one attached hydrogen (secondary N) is 1. The fourth-order valence-electron chi connectivity index (χ4n) is 2.86. The quantitative estimate of drug-likeness (QED) is 0.544. The lowest BCUT2D eigenvalue weighted by Gasteiger charge is -2.07. The molecule has 2 aromatic heterocycles. The van der Waals surface area contributed by atoms with Gasteiger partial charge in [-0.1, -0.05) is 41.9 Å². The number of halogens is 1. The first kappa shape index (κ1) is 16.4. The van der Waals surface area contributed by atoms with Gasteiger partial charge in [0.25, 0.3) is 5.91 Å². The van der Waals surface area contributed by atoms with Crippen molar-refractivity contribution in [2.45, 2.75) is 6.92 Å². The predicted molar refractivity (Wildman–Crippen MR) is 105 cm³/mol. The van der Waals surface area contributed by atoms with Crippen molar-refractivity contribution in [3.8, 4) is 11.3 Å². The number of benzene rings is 2. The highest BCUT2D eigenvalue weighted by atomic mass is 35.5.